The quantitative estimate of drug-likeness (QED) is 0.444. The molecule has 174 valence electrons. The molecule has 1 atom stereocenters. The molecule has 2 N–H and O–H groups in total. The summed E-state index contributed by atoms with van der Waals surface area (Å²) in [6.07, 6.45) is 1.38. The number of hydrogen-bond donors (Lipinski definition) is 2. The van der Waals surface area contributed by atoms with Crippen molar-refractivity contribution in [3.8, 4) is 0 Å². The minimum absolute atomic E-state index is 0.00660. The Morgan fingerprint density at radius 2 is 1.91 bits per heavy atom. The summed E-state index contributed by atoms with van der Waals surface area (Å²) >= 11 is 2.66. The number of carbonyl (C=O) groups excluding carboxylic acids is 1. The first-order chi connectivity index (χ1) is 15.0. The molecule has 7 heteroatoms. The highest BCUT2D eigenvalue weighted by molar-refractivity contribution is 8.04. The summed E-state index contributed by atoms with van der Waals surface area (Å²) in [5.41, 5.74) is 0.902. The van der Waals surface area contributed by atoms with Gasteiger partial charge in [-0.25, -0.2) is 9.18 Å². The first-order valence-electron chi connectivity index (χ1n) is 10.8. The molecule has 4 nitrogen and oxygen atoms in total. The van der Waals surface area contributed by atoms with Gasteiger partial charge in [0.15, 0.2) is 0 Å². The Morgan fingerprint density at radius 1 is 1.25 bits per heavy atom. The number of carbonyl (C=O) groups is 1. The number of esters is 1. The van der Waals surface area contributed by atoms with Crippen LogP contribution in [0.3, 0.4) is 0 Å². The van der Waals surface area contributed by atoms with Gasteiger partial charge in [-0.3, -0.25) is 0 Å². The van der Waals surface area contributed by atoms with Gasteiger partial charge in [-0.05, 0) is 47.4 Å². The van der Waals surface area contributed by atoms with E-state index in [1.807, 2.05) is 19.2 Å². The molecule has 1 aliphatic heterocycles. The summed E-state index contributed by atoms with van der Waals surface area (Å²) < 4.78 is 19.2. The number of thiophene rings is 1. The van der Waals surface area contributed by atoms with E-state index in [1.165, 1.54) is 35.2 Å². The van der Waals surface area contributed by atoms with E-state index in [-0.39, 0.29) is 40.8 Å². The van der Waals surface area contributed by atoms with Gasteiger partial charge >= 0.3 is 5.97 Å². The van der Waals surface area contributed by atoms with Crippen molar-refractivity contribution in [3.63, 3.8) is 0 Å². The molecule has 0 aliphatic carbocycles. The molecule has 0 saturated heterocycles. The fraction of sp³-hybridized carbons (Fsp3) is 0.480. The SMILES string of the molecule is CC(C)C1(CCc2ccc(F)cc2)CC(O)=C(Sc2csc(CO)c2C(C)(C)C)C(=O)O1. The second kappa shape index (κ2) is 9.57. The largest absolute Gasteiger partial charge is 0.511 e. The van der Waals surface area contributed by atoms with Crippen molar-refractivity contribution in [1.29, 1.82) is 0 Å². The number of thioether (sulfide) groups is 1. The first kappa shape index (κ1) is 24.8. The van der Waals surface area contributed by atoms with Gasteiger partial charge in [0.2, 0.25) is 0 Å². The fourth-order valence-corrected chi connectivity index (χ4v) is 6.52. The monoisotopic (exact) mass is 478 g/mol. The molecular weight excluding hydrogens is 447 g/mol. The molecule has 1 aromatic carbocycles. The molecule has 0 radical (unpaired) electrons. The van der Waals surface area contributed by atoms with Crippen LogP contribution in [0.5, 0.6) is 0 Å². The maximum Gasteiger partial charge on any atom is 0.349 e. The Labute approximate surface area is 197 Å². The highest BCUT2D eigenvalue weighted by Gasteiger charge is 2.44. The molecule has 32 heavy (non-hydrogen) atoms. The van der Waals surface area contributed by atoms with E-state index in [0.717, 1.165) is 20.9 Å². The summed E-state index contributed by atoms with van der Waals surface area (Å²) in [6, 6.07) is 6.30. The van der Waals surface area contributed by atoms with Crippen molar-refractivity contribution in [2.75, 3.05) is 0 Å². The number of ether oxygens (including phenoxy) is 1. The molecule has 0 saturated carbocycles. The van der Waals surface area contributed by atoms with Crippen LogP contribution in [0.15, 0.2) is 45.2 Å². The molecule has 1 aromatic heterocycles. The normalized spacial score (nSPS) is 19.6. The van der Waals surface area contributed by atoms with Gasteiger partial charge in [0, 0.05) is 21.6 Å². The second-order valence-corrected chi connectivity index (χ2v) is 11.6. The molecule has 0 bridgehead atoms. The van der Waals surface area contributed by atoms with Crippen LogP contribution in [0.25, 0.3) is 0 Å². The number of halogens is 1. The number of aryl methyl sites for hydroxylation is 1. The fourth-order valence-electron chi connectivity index (χ4n) is 4.08. The summed E-state index contributed by atoms with van der Waals surface area (Å²) in [5.74, 6) is -0.780. The van der Waals surface area contributed by atoms with Gasteiger partial charge in [-0.1, -0.05) is 58.5 Å². The molecule has 0 fully saturated rings. The lowest BCUT2D eigenvalue weighted by Crippen LogP contribution is -2.44. The molecule has 0 amide bonds. The summed E-state index contributed by atoms with van der Waals surface area (Å²) in [7, 11) is 0. The van der Waals surface area contributed by atoms with E-state index in [0.29, 0.717) is 12.8 Å². The van der Waals surface area contributed by atoms with E-state index < -0.39 is 11.6 Å². The Bertz CT molecular complexity index is 1000. The van der Waals surface area contributed by atoms with Crippen molar-refractivity contribution in [3.05, 3.63) is 62.1 Å². The molecule has 1 unspecified atom stereocenters. The number of benzene rings is 1. The average Bonchev–Trinajstić information content (AvgIpc) is 3.13. The van der Waals surface area contributed by atoms with Crippen molar-refractivity contribution < 1.29 is 24.1 Å². The Balaban J connectivity index is 1.86. The zero-order valence-electron chi connectivity index (χ0n) is 19.2. The molecule has 0 spiro atoms. The van der Waals surface area contributed by atoms with Gasteiger partial charge in [0.1, 0.15) is 22.1 Å². The molecule has 3 rings (SSSR count). The Morgan fingerprint density at radius 3 is 2.44 bits per heavy atom. The molecular formula is C25H31FO4S2. The van der Waals surface area contributed by atoms with E-state index in [9.17, 15) is 19.4 Å². The van der Waals surface area contributed by atoms with Crippen molar-refractivity contribution >= 4 is 29.1 Å². The third-order valence-electron chi connectivity index (χ3n) is 5.95. The van der Waals surface area contributed by atoms with Crippen LogP contribution in [-0.4, -0.2) is 21.8 Å². The average molecular weight is 479 g/mol. The highest BCUT2D eigenvalue weighted by atomic mass is 32.2. The smallest absolute Gasteiger partial charge is 0.349 e. The lowest BCUT2D eigenvalue weighted by atomic mass is 9.80. The van der Waals surface area contributed by atoms with Crippen LogP contribution >= 0.6 is 23.1 Å². The van der Waals surface area contributed by atoms with Crippen LogP contribution in [0.1, 0.15) is 63.5 Å². The van der Waals surface area contributed by atoms with Crippen molar-refractivity contribution in [2.24, 2.45) is 5.92 Å². The van der Waals surface area contributed by atoms with E-state index >= 15 is 0 Å². The second-order valence-electron chi connectivity index (χ2n) is 9.60. The van der Waals surface area contributed by atoms with Gasteiger partial charge in [0.05, 0.1) is 6.61 Å². The maximum absolute atomic E-state index is 13.2. The van der Waals surface area contributed by atoms with Gasteiger partial charge in [-0.2, -0.15) is 0 Å². The number of hydrogen-bond acceptors (Lipinski definition) is 6. The van der Waals surface area contributed by atoms with Crippen LogP contribution in [0.2, 0.25) is 0 Å². The van der Waals surface area contributed by atoms with Crippen molar-refractivity contribution in [1.82, 2.24) is 0 Å². The van der Waals surface area contributed by atoms with Crippen LogP contribution in [0.4, 0.5) is 4.39 Å². The predicted octanol–water partition coefficient (Wildman–Crippen LogP) is 6.51. The Kier molecular flexibility index (Phi) is 7.42. The number of cyclic esters (lactones) is 1. The van der Waals surface area contributed by atoms with E-state index in [4.69, 9.17) is 4.74 Å². The molecule has 1 aliphatic rings. The first-order valence-corrected chi connectivity index (χ1v) is 12.5. The third-order valence-corrected chi connectivity index (χ3v) is 8.22. The van der Waals surface area contributed by atoms with Crippen LogP contribution in [0, 0.1) is 11.7 Å². The van der Waals surface area contributed by atoms with E-state index in [1.54, 1.807) is 12.1 Å². The summed E-state index contributed by atoms with van der Waals surface area (Å²) in [6.45, 7) is 10.1. The zero-order valence-corrected chi connectivity index (χ0v) is 20.8. The van der Waals surface area contributed by atoms with Gasteiger partial charge in [0.25, 0.3) is 0 Å². The van der Waals surface area contributed by atoms with Gasteiger partial charge < -0.3 is 14.9 Å². The topological polar surface area (TPSA) is 66.8 Å². The molecule has 2 aromatic rings. The van der Waals surface area contributed by atoms with E-state index in [2.05, 4.69) is 20.8 Å². The zero-order chi connectivity index (χ0) is 23.7. The highest BCUT2D eigenvalue weighted by Crippen LogP contribution is 2.47. The third kappa shape index (κ3) is 5.21. The molecule has 2 heterocycles. The predicted molar refractivity (Wildman–Crippen MR) is 127 cm³/mol. The number of aliphatic hydroxyl groups excluding tert-OH is 2. The lowest BCUT2D eigenvalue weighted by molar-refractivity contribution is -0.164. The summed E-state index contributed by atoms with van der Waals surface area (Å²) in [4.78, 5) is 15.0. The van der Waals surface area contributed by atoms with Crippen molar-refractivity contribution in [2.45, 2.75) is 76.4 Å². The maximum atomic E-state index is 13.2. The number of rotatable bonds is 7. The minimum atomic E-state index is -0.822. The lowest BCUT2D eigenvalue weighted by Gasteiger charge is -2.40. The number of aliphatic hydroxyl groups is 2. The standard InChI is InChI=1S/C25H31FO4S2/c1-15(2)25(11-10-16-6-8-17(26)9-7-16)12-18(28)22(23(29)30-25)32-20-14-31-19(13-27)21(20)24(3,4)5/h6-9,14-15,27-28H,10-13H2,1-5H3. The summed E-state index contributed by atoms with van der Waals surface area (Å²) in [5, 5.41) is 22.6. The minimum Gasteiger partial charge on any atom is -0.511 e. The van der Waals surface area contributed by atoms with Gasteiger partial charge in [-0.15, -0.1) is 11.3 Å². The van der Waals surface area contributed by atoms with Crippen LogP contribution in [-0.2, 0) is 28.0 Å². The Hall–Kier alpha value is -1.83. The van der Waals surface area contributed by atoms with Crippen LogP contribution < -0.4 is 0 Å².